The van der Waals surface area contributed by atoms with Crippen LogP contribution >= 0.6 is 0 Å². The Labute approximate surface area is 115 Å². The van der Waals surface area contributed by atoms with Crippen molar-refractivity contribution in [1.82, 2.24) is 0 Å². The first-order chi connectivity index (χ1) is 8.99. The highest BCUT2D eigenvalue weighted by Crippen LogP contribution is 2.27. The van der Waals surface area contributed by atoms with Gasteiger partial charge in [0.25, 0.3) is 0 Å². The van der Waals surface area contributed by atoms with E-state index in [-0.39, 0.29) is 6.04 Å². The summed E-state index contributed by atoms with van der Waals surface area (Å²) in [6, 6.07) is 2.14. The van der Waals surface area contributed by atoms with Gasteiger partial charge in [0.2, 0.25) is 0 Å². The van der Waals surface area contributed by atoms with Gasteiger partial charge in [0.15, 0.2) is 0 Å². The summed E-state index contributed by atoms with van der Waals surface area (Å²) >= 11 is 0. The van der Waals surface area contributed by atoms with Gasteiger partial charge in [0.05, 0.1) is 0 Å². The quantitative estimate of drug-likeness (QED) is 0.750. The largest absolute Gasteiger partial charge is 0.324 e. The number of hydrogen-bond acceptors (Lipinski definition) is 1. The highest BCUT2D eigenvalue weighted by molar-refractivity contribution is 5.28. The lowest BCUT2D eigenvalue weighted by molar-refractivity contribution is 0.382. The van der Waals surface area contributed by atoms with Crippen molar-refractivity contribution in [3.63, 3.8) is 0 Å². The second-order valence-corrected chi connectivity index (χ2v) is 5.38. The average Bonchev–Trinajstić information content (AvgIpc) is 2.38. The second-order valence-electron chi connectivity index (χ2n) is 5.38. The number of halogens is 2. The Bertz CT molecular complexity index is 404. The molecule has 0 aliphatic heterocycles. The summed E-state index contributed by atoms with van der Waals surface area (Å²) in [5, 5.41) is 0. The molecule has 0 saturated carbocycles. The van der Waals surface area contributed by atoms with Gasteiger partial charge < -0.3 is 5.73 Å². The van der Waals surface area contributed by atoms with E-state index in [2.05, 4.69) is 13.8 Å². The molecule has 1 aromatic carbocycles. The summed E-state index contributed by atoms with van der Waals surface area (Å²) in [6.45, 7) is 5.94. The van der Waals surface area contributed by atoms with Crippen molar-refractivity contribution in [2.24, 2.45) is 11.7 Å². The van der Waals surface area contributed by atoms with Crippen molar-refractivity contribution in [2.45, 2.75) is 58.9 Å². The van der Waals surface area contributed by atoms with Crippen LogP contribution in [0.5, 0.6) is 0 Å². The predicted octanol–water partition coefficient (Wildman–Crippen LogP) is 4.88. The molecule has 0 saturated heterocycles. The molecule has 3 heteroatoms. The Morgan fingerprint density at radius 3 is 2.42 bits per heavy atom. The third-order valence-electron chi connectivity index (χ3n) is 3.81. The van der Waals surface area contributed by atoms with Crippen LogP contribution in [0.4, 0.5) is 8.78 Å². The Morgan fingerprint density at radius 2 is 1.84 bits per heavy atom. The first-order valence-corrected chi connectivity index (χ1v) is 7.20. The maximum Gasteiger partial charge on any atom is 0.130 e. The molecular weight excluding hydrogens is 244 g/mol. The van der Waals surface area contributed by atoms with E-state index in [1.807, 2.05) is 0 Å². The number of nitrogens with two attached hydrogens (primary N) is 1. The third-order valence-corrected chi connectivity index (χ3v) is 3.81. The maximum absolute atomic E-state index is 13.8. The Balaban J connectivity index is 2.76. The average molecular weight is 269 g/mol. The van der Waals surface area contributed by atoms with Gasteiger partial charge in [-0.05, 0) is 30.9 Å². The topological polar surface area (TPSA) is 26.0 Å². The lowest BCUT2D eigenvalue weighted by Gasteiger charge is -2.20. The molecule has 1 nitrogen and oxygen atoms in total. The zero-order chi connectivity index (χ0) is 14.4. The van der Waals surface area contributed by atoms with Crippen LogP contribution < -0.4 is 5.73 Å². The zero-order valence-corrected chi connectivity index (χ0v) is 12.2. The van der Waals surface area contributed by atoms with Gasteiger partial charge in [-0.2, -0.15) is 0 Å². The minimum atomic E-state index is -0.527. The van der Waals surface area contributed by atoms with Gasteiger partial charge in [-0.3, -0.25) is 0 Å². The van der Waals surface area contributed by atoms with Crippen molar-refractivity contribution in [2.75, 3.05) is 0 Å². The van der Waals surface area contributed by atoms with Gasteiger partial charge in [0.1, 0.15) is 11.6 Å². The van der Waals surface area contributed by atoms with Gasteiger partial charge in [-0.15, -0.1) is 0 Å². The normalized spacial score (nSPS) is 14.4. The summed E-state index contributed by atoms with van der Waals surface area (Å²) < 4.78 is 27.0. The molecule has 2 atom stereocenters. The molecule has 0 radical (unpaired) electrons. The molecule has 0 aliphatic rings. The summed E-state index contributed by atoms with van der Waals surface area (Å²) in [6.07, 6.45) is 5.28. The van der Waals surface area contributed by atoms with Crippen LogP contribution in [-0.2, 0) is 0 Å². The van der Waals surface area contributed by atoms with Crippen molar-refractivity contribution in [3.05, 3.63) is 34.9 Å². The first-order valence-electron chi connectivity index (χ1n) is 7.20. The highest BCUT2D eigenvalue weighted by Gasteiger charge is 2.18. The minimum Gasteiger partial charge on any atom is -0.324 e. The number of rotatable bonds is 7. The lowest BCUT2D eigenvalue weighted by atomic mass is 9.89. The van der Waals surface area contributed by atoms with Gasteiger partial charge in [0, 0.05) is 17.7 Å². The van der Waals surface area contributed by atoms with Gasteiger partial charge in [-0.25, -0.2) is 8.78 Å². The molecule has 0 aromatic heterocycles. The van der Waals surface area contributed by atoms with Crippen LogP contribution in [0.15, 0.2) is 12.1 Å². The molecule has 19 heavy (non-hydrogen) atoms. The molecule has 2 unspecified atom stereocenters. The minimum absolute atomic E-state index is 0.346. The van der Waals surface area contributed by atoms with E-state index < -0.39 is 11.6 Å². The van der Waals surface area contributed by atoms with Gasteiger partial charge in [-0.1, -0.05) is 39.5 Å². The zero-order valence-electron chi connectivity index (χ0n) is 12.2. The predicted molar refractivity (Wildman–Crippen MR) is 75.9 cm³/mol. The fourth-order valence-electron chi connectivity index (χ4n) is 2.43. The second kappa shape index (κ2) is 7.59. The number of hydrogen-bond donors (Lipinski definition) is 1. The molecule has 0 spiro atoms. The fourth-order valence-corrected chi connectivity index (χ4v) is 2.43. The van der Waals surface area contributed by atoms with Crippen LogP contribution in [0.3, 0.4) is 0 Å². The summed E-state index contributed by atoms with van der Waals surface area (Å²) in [4.78, 5) is 0. The van der Waals surface area contributed by atoms with Crippen LogP contribution in [0, 0.1) is 24.5 Å². The highest BCUT2D eigenvalue weighted by atomic mass is 19.1. The summed E-state index contributed by atoms with van der Waals surface area (Å²) in [7, 11) is 0. The van der Waals surface area contributed by atoms with Crippen molar-refractivity contribution >= 4 is 0 Å². The Kier molecular flexibility index (Phi) is 6.43. The van der Waals surface area contributed by atoms with E-state index in [0.29, 0.717) is 17.0 Å². The molecule has 0 amide bonds. The van der Waals surface area contributed by atoms with Crippen LogP contribution in [0.25, 0.3) is 0 Å². The molecule has 0 heterocycles. The molecule has 1 rings (SSSR count). The first kappa shape index (κ1) is 16.1. The molecule has 1 aromatic rings. The van der Waals surface area contributed by atoms with E-state index in [0.717, 1.165) is 31.7 Å². The molecule has 0 fully saturated rings. The van der Waals surface area contributed by atoms with E-state index in [9.17, 15) is 8.78 Å². The molecule has 0 aliphatic carbocycles. The van der Waals surface area contributed by atoms with Crippen LogP contribution in [0.1, 0.15) is 63.1 Å². The molecule has 0 bridgehead atoms. The number of unbranched alkanes of at least 4 members (excludes halogenated alkanes) is 1. The third kappa shape index (κ3) is 4.57. The fraction of sp³-hybridized carbons (Fsp3) is 0.625. The van der Waals surface area contributed by atoms with Crippen LogP contribution in [-0.4, -0.2) is 0 Å². The Hall–Kier alpha value is -0.960. The van der Waals surface area contributed by atoms with Crippen molar-refractivity contribution in [3.8, 4) is 0 Å². The van der Waals surface area contributed by atoms with E-state index in [1.54, 1.807) is 13.0 Å². The SMILES string of the molecule is CCCCC(CC)CC(N)c1cc(C)c(F)cc1F. The number of aryl methyl sites for hydroxylation is 1. The smallest absolute Gasteiger partial charge is 0.130 e. The van der Waals surface area contributed by atoms with Gasteiger partial charge >= 0.3 is 0 Å². The molecule has 108 valence electrons. The molecule has 2 N–H and O–H groups in total. The standard InChI is InChI=1S/C16H25F2N/c1-4-6-7-12(5-2)9-16(19)13-8-11(3)14(17)10-15(13)18/h8,10,12,16H,4-7,9,19H2,1-3H3. The van der Waals surface area contributed by atoms with E-state index >= 15 is 0 Å². The molecular formula is C16H25F2N. The number of benzene rings is 1. The monoisotopic (exact) mass is 269 g/mol. The maximum atomic E-state index is 13.8. The summed E-state index contributed by atoms with van der Waals surface area (Å²) in [5.41, 5.74) is 6.99. The van der Waals surface area contributed by atoms with E-state index in [4.69, 9.17) is 5.73 Å². The van der Waals surface area contributed by atoms with Crippen LogP contribution in [0.2, 0.25) is 0 Å². The van der Waals surface area contributed by atoms with Crippen molar-refractivity contribution < 1.29 is 8.78 Å². The van der Waals surface area contributed by atoms with Crippen molar-refractivity contribution in [1.29, 1.82) is 0 Å². The lowest BCUT2D eigenvalue weighted by Crippen LogP contribution is -2.17. The Morgan fingerprint density at radius 1 is 1.16 bits per heavy atom. The van der Waals surface area contributed by atoms with E-state index in [1.165, 1.54) is 6.42 Å². The summed E-state index contributed by atoms with van der Waals surface area (Å²) in [5.74, 6) is -0.521.